The van der Waals surface area contributed by atoms with Gasteiger partial charge in [-0.3, -0.25) is 9.59 Å². The monoisotopic (exact) mass is 519 g/mol. The van der Waals surface area contributed by atoms with E-state index in [0.29, 0.717) is 18.1 Å². The second-order valence-electron chi connectivity index (χ2n) is 9.43. The van der Waals surface area contributed by atoms with Gasteiger partial charge in [-0.15, -0.1) is 0 Å². The molecular formula is C29H37N5O4. The Morgan fingerprint density at radius 2 is 1.55 bits per heavy atom. The molecule has 0 fully saturated rings. The number of rotatable bonds is 13. The Bertz CT molecular complexity index is 1180. The van der Waals surface area contributed by atoms with Crippen LogP contribution in [0.4, 0.5) is 11.6 Å². The fraction of sp³-hybridized carbons (Fsp3) is 0.379. The Morgan fingerprint density at radius 3 is 2.13 bits per heavy atom. The summed E-state index contributed by atoms with van der Waals surface area (Å²) in [6.45, 7) is 12.9. The van der Waals surface area contributed by atoms with Crippen LogP contribution in [-0.4, -0.2) is 65.1 Å². The number of hydrogen-bond acceptors (Lipinski definition) is 8. The molecule has 0 aliphatic carbocycles. The van der Waals surface area contributed by atoms with E-state index in [1.165, 1.54) is 6.92 Å². The average molecular weight is 520 g/mol. The van der Waals surface area contributed by atoms with Gasteiger partial charge in [0.1, 0.15) is 18.0 Å². The number of anilines is 2. The number of hydrogen-bond donors (Lipinski definition) is 2. The first-order valence-electron chi connectivity index (χ1n) is 12.8. The van der Waals surface area contributed by atoms with Crippen LogP contribution in [-0.2, 0) is 9.53 Å². The summed E-state index contributed by atoms with van der Waals surface area (Å²) in [5.41, 5.74) is 2.30. The van der Waals surface area contributed by atoms with Crippen LogP contribution in [0.3, 0.4) is 0 Å². The highest BCUT2D eigenvalue weighted by atomic mass is 16.6. The fourth-order valence-electron chi connectivity index (χ4n) is 3.77. The van der Waals surface area contributed by atoms with Crippen LogP contribution in [0.15, 0.2) is 60.9 Å². The van der Waals surface area contributed by atoms with Crippen molar-refractivity contribution in [3.8, 4) is 16.9 Å². The molecule has 1 aromatic heterocycles. The lowest BCUT2D eigenvalue weighted by Gasteiger charge is -2.24. The molecule has 202 valence electrons. The van der Waals surface area contributed by atoms with Crippen molar-refractivity contribution in [2.75, 3.05) is 38.1 Å². The van der Waals surface area contributed by atoms with Crippen LogP contribution in [0, 0.1) is 0 Å². The van der Waals surface area contributed by atoms with E-state index in [1.54, 1.807) is 38.4 Å². The number of amides is 1. The van der Waals surface area contributed by atoms with Crippen molar-refractivity contribution in [1.82, 2.24) is 20.2 Å². The molecule has 2 aromatic carbocycles. The second-order valence-corrected chi connectivity index (χ2v) is 9.43. The van der Waals surface area contributed by atoms with Crippen molar-refractivity contribution >= 4 is 23.5 Å². The summed E-state index contributed by atoms with van der Waals surface area (Å²) in [5.74, 6) is 0.675. The first-order valence-corrected chi connectivity index (χ1v) is 12.8. The summed E-state index contributed by atoms with van der Waals surface area (Å²) in [5, 5.41) is 5.99. The molecule has 38 heavy (non-hydrogen) atoms. The third kappa shape index (κ3) is 8.85. The summed E-state index contributed by atoms with van der Waals surface area (Å²) in [4.78, 5) is 34.8. The molecule has 0 unspecified atom stereocenters. The minimum absolute atomic E-state index is 0.210. The highest BCUT2D eigenvalue weighted by Crippen LogP contribution is 2.21. The van der Waals surface area contributed by atoms with E-state index < -0.39 is 5.60 Å². The summed E-state index contributed by atoms with van der Waals surface area (Å²) in [7, 11) is 0. The van der Waals surface area contributed by atoms with E-state index in [9.17, 15) is 9.59 Å². The normalized spacial score (nSPS) is 11.2. The number of likely N-dealkylation sites (N-methyl/N-ethyl adjacent to an activating group) is 1. The largest absolute Gasteiger partial charge is 0.492 e. The van der Waals surface area contributed by atoms with Crippen molar-refractivity contribution in [1.29, 1.82) is 0 Å². The number of aromatic nitrogens is 2. The number of benzene rings is 2. The number of nitrogens with zero attached hydrogens (tertiary/aromatic N) is 3. The summed E-state index contributed by atoms with van der Waals surface area (Å²) in [6.07, 6.45) is 3.47. The predicted molar refractivity (Wildman–Crippen MR) is 149 cm³/mol. The van der Waals surface area contributed by atoms with E-state index in [0.717, 1.165) is 42.2 Å². The van der Waals surface area contributed by atoms with Gasteiger partial charge in [-0.05, 0) is 68.9 Å². The maximum atomic E-state index is 12.5. The fourth-order valence-corrected chi connectivity index (χ4v) is 3.77. The Hall–Kier alpha value is -3.98. The molecular weight excluding hydrogens is 482 g/mol. The molecule has 0 radical (unpaired) electrons. The van der Waals surface area contributed by atoms with Crippen molar-refractivity contribution in [2.24, 2.45) is 0 Å². The first kappa shape index (κ1) is 28.6. The zero-order chi connectivity index (χ0) is 27.5. The van der Waals surface area contributed by atoms with Gasteiger partial charge in [-0.1, -0.05) is 26.0 Å². The molecule has 0 saturated carbocycles. The standard InChI is InChI=1S/C29H37N5O4/c1-6-34(7-2)16-17-37-26-14-12-25(13-15-26)33-28-30-18-24(19-31-28)22-8-10-23(11-9-22)27(36)32-20-29(4,5)38-21(3)35/h8-15,18-19H,6-7,16-17,20H2,1-5H3,(H,32,36)(H,30,31,33). The minimum Gasteiger partial charge on any atom is -0.492 e. The van der Waals surface area contributed by atoms with Gasteiger partial charge >= 0.3 is 5.97 Å². The third-order valence-electron chi connectivity index (χ3n) is 5.91. The predicted octanol–water partition coefficient (Wildman–Crippen LogP) is 4.68. The van der Waals surface area contributed by atoms with Gasteiger partial charge in [0.2, 0.25) is 5.95 Å². The van der Waals surface area contributed by atoms with E-state index in [4.69, 9.17) is 9.47 Å². The van der Waals surface area contributed by atoms with Gasteiger partial charge in [0.15, 0.2) is 0 Å². The van der Waals surface area contributed by atoms with Crippen LogP contribution in [0.1, 0.15) is 45.0 Å². The Labute approximate surface area is 224 Å². The third-order valence-corrected chi connectivity index (χ3v) is 5.91. The van der Waals surface area contributed by atoms with Crippen molar-refractivity contribution in [3.63, 3.8) is 0 Å². The van der Waals surface area contributed by atoms with Crippen LogP contribution >= 0.6 is 0 Å². The van der Waals surface area contributed by atoms with E-state index in [2.05, 4.69) is 39.3 Å². The number of nitrogens with one attached hydrogen (secondary N) is 2. The van der Waals surface area contributed by atoms with Gasteiger partial charge in [-0.2, -0.15) is 0 Å². The van der Waals surface area contributed by atoms with Crippen molar-refractivity contribution < 1.29 is 19.1 Å². The molecule has 0 bridgehead atoms. The van der Waals surface area contributed by atoms with E-state index in [1.807, 2.05) is 36.4 Å². The topological polar surface area (TPSA) is 106 Å². The molecule has 9 nitrogen and oxygen atoms in total. The SMILES string of the molecule is CCN(CC)CCOc1ccc(Nc2ncc(-c3ccc(C(=O)NCC(C)(C)OC(C)=O)cc3)cn2)cc1. The Kier molecular flexibility index (Phi) is 10.2. The molecule has 0 aliphatic rings. The maximum absolute atomic E-state index is 12.5. The molecule has 3 aromatic rings. The average Bonchev–Trinajstić information content (AvgIpc) is 2.90. The summed E-state index contributed by atoms with van der Waals surface area (Å²) < 4.78 is 11.0. The molecule has 0 spiro atoms. The molecule has 9 heteroatoms. The van der Waals surface area contributed by atoms with Gasteiger partial charge in [0, 0.05) is 42.7 Å². The quantitative estimate of drug-likeness (QED) is 0.314. The zero-order valence-electron chi connectivity index (χ0n) is 22.8. The molecule has 3 rings (SSSR count). The molecule has 1 heterocycles. The number of carbonyl (C=O) groups is 2. The van der Waals surface area contributed by atoms with E-state index >= 15 is 0 Å². The van der Waals surface area contributed by atoms with Crippen LogP contribution < -0.4 is 15.4 Å². The lowest BCUT2D eigenvalue weighted by atomic mass is 10.1. The highest BCUT2D eigenvalue weighted by molar-refractivity contribution is 5.94. The van der Waals surface area contributed by atoms with Crippen LogP contribution in [0.5, 0.6) is 5.75 Å². The lowest BCUT2D eigenvalue weighted by Crippen LogP contribution is -2.41. The van der Waals surface area contributed by atoms with Gasteiger partial charge in [-0.25, -0.2) is 9.97 Å². The van der Waals surface area contributed by atoms with Crippen LogP contribution in [0.2, 0.25) is 0 Å². The maximum Gasteiger partial charge on any atom is 0.303 e. The minimum atomic E-state index is -0.782. The highest BCUT2D eigenvalue weighted by Gasteiger charge is 2.22. The Morgan fingerprint density at radius 1 is 0.921 bits per heavy atom. The smallest absolute Gasteiger partial charge is 0.303 e. The molecule has 0 aliphatic heterocycles. The van der Waals surface area contributed by atoms with Crippen molar-refractivity contribution in [3.05, 3.63) is 66.5 Å². The van der Waals surface area contributed by atoms with Gasteiger partial charge < -0.3 is 25.0 Å². The molecule has 0 saturated heterocycles. The Balaban J connectivity index is 1.52. The van der Waals surface area contributed by atoms with Gasteiger partial charge in [0.05, 0.1) is 6.54 Å². The second kappa shape index (κ2) is 13.5. The van der Waals surface area contributed by atoms with Crippen molar-refractivity contribution in [2.45, 2.75) is 40.2 Å². The van der Waals surface area contributed by atoms with Crippen LogP contribution in [0.25, 0.3) is 11.1 Å². The first-order chi connectivity index (χ1) is 18.2. The van der Waals surface area contributed by atoms with Gasteiger partial charge in [0.25, 0.3) is 5.91 Å². The summed E-state index contributed by atoms with van der Waals surface area (Å²) in [6, 6.07) is 14.9. The molecule has 0 atom stereocenters. The number of carbonyl (C=O) groups excluding carboxylic acids is 2. The lowest BCUT2D eigenvalue weighted by molar-refractivity contribution is -0.153. The number of ether oxygens (including phenoxy) is 2. The number of esters is 1. The zero-order valence-corrected chi connectivity index (χ0v) is 22.8. The molecule has 1 amide bonds. The molecule has 2 N–H and O–H groups in total. The van der Waals surface area contributed by atoms with E-state index in [-0.39, 0.29) is 18.4 Å². The summed E-state index contributed by atoms with van der Waals surface area (Å²) >= 11 is 0.